The van der Waals surface area contributed by atoms with E-state index < -0.39 is 11.4 Å². The maximum Gasteiger partial charge on any atom is 0.309 e. The van der Waals surface area contributed by atoms with Crippen LogP contribution in [0.2, 0.25) is 0 Å². The summed E-state index contributed by atoms with van der Waals surface area (Å²) < 4.78 is 15.7. The van der Waals surface area contributed by atoms with E-state index in [1.54, 1.807) is 0 Å². The van der Waals surface area contributed by atoms with Crippen molar-refractivity contribution >= 4 is 5.97 Å². The molecule has 0 aliphatic heterocycles. The van der Waals surface area contributed by atoms with Gasteiger partial charge in [-0.15, -0.1) is 5.10 Å². The largest absolute Gasteiger partial charge is 0.481 e. The summed E-state index contributed by atoms with van der Waals surface area (Å²) in [7, 11) is 0. The first-order valence-corrected chi connectivity index (χ1v) is 16.8. The minimum Gasteiger partial charge on any atom is -0.481 e. The number of allylic oxidation sites excluding steroid dienone is 1. The summed E-state index contributed by atoms with van der Waals surface area (Å²) in [6, 6.07) is 6.74. The maximum absolute atomic E-state index is 13.6. The summed E-state index contributed by atoms with van der Waals surface area (Å²) in [6.07, 6.45) is 9.18. The number of aliphatic carboxylic acids is 1. The van der Waals surface area contributed by atoms with Crippen molar-refractivity contribution in [1.29, 1.82) is 0 Å². The summed E-state index contributed by atoms with van der Waals surface area (Å²) >= 11 is 0. The van der Waals surface area contributed by atoms with Crippen molar-refractivity contribution < 1.29 is 14.3 Å². The van der Waals surface area contributed by atoms with Crippen LogP contribution in [0.15, 0.2) is 36.4 Å². The van der Waals surface area contributed by atoms with E-state index in [0.29, 0.717) is 30.2 Å². The molecule has 1 heterocycles. The molecule has 6 heteroatoms. The number of nitrogens with zero attached hydrogens (tertiary/aromatic N) is 3. The molecule has 0 unspecified atom stereocenters. The zero-order valence-electron chi connectivity index (χ0n) is 27.0. The Kier molecular flexibility index (Phi) is 6.30. The van der Waals surface area contributed by atoms with Crippen LogP contribution in [-0.4, -0.2) is 26.1 Å². The monoisotopic (exact) mass is 587 g/mol. The zero-order valence-corrected chi connectivity index (χ0v) is 27.0. The van der Waals surface area contributed by atoms with E-state index in [2.05, 4.69) is 52.8 Å². The average Bonchev–Trinajstić information content (AvgIpc) is 3.53. The molecule has 0 spiro atoms. The predicted octanol–water partition coefficient (Wildman–Crippen LogP) is 8.22. The Morgan fingerprint density at radius 1 is 0.977 bits per heavy atom. The van der Waals surface area contributed by atoms with Gasteiger partial charge < -0.3 is 5.11 Å². The lowest BCUT2D eigenvalue weighted by Gasteiger charge is -2.72. The molecule has 1 aromatic heterocycles. The van der Waals surface area contributed by atoms with Gasteiger partial charge in [0.25, 0.3) is 0 Å². The topological polar surface area (TPSA) is 68.0 Å². The number of carboxylic acids is 1. The highest BCUT2D eigenvalue weighted by molar-refractivity contribution is 5.76. The standard InChI is InChI=1S/C37H50FN3O2/c1-22(2)25-14-17-37(32(42)43)19-18-35(6)26(30(25)37)12-13-29-34(5)20-27-31(33(3,4)28(34)15-16-36(29,35)7)41(40-39-27)21-23-8-10-24(38)11-9-23/h8-11,25-26,28-30H,1,12-21H2,2-7H3,(H,42,43)/t25-,26+,28-,29+,30+,34-,35+,36+,37-/m0/s1. The molecule has 9 atom stereocenters. The van der Waals surface area contributed by atoms with Crippen LogP contribution in [-0.2, 0) is 23.2 Å². The van der Waals surface area contributed by atoms with Gasteiger partial charge in [0.15, 0.2) is 0 Å². The van der Waals surface area contributed by atoms with E-state index in [4.69, 9.17) is 10.3 Å². The number of hydrogen-bond donors (Lipinski definition) is 1. The molecule has 0 amide bonds. The fourth-order valence-corrected chi connectivity index (χ4v) is 12.9. The van der Waals surface area contributed by atoms with Gasteiger partial charge in [0.1, 0.15) is 5.82 Å². The zero-order chi connectivity index (χ0) is 30.7. The molecular formula is C37H50FN3O2. The molecule has 7 rings (SSSR count). The molecule has 232 valence electrons. The number of hydrogen-bond acceptors (Lipinski definition) is 3. The van der Waals surface area contributed by atoms with Gasteiger partial charge in [0.2, 0.25) is 0 Å². The summed E-state index contributed by atoms with van der Waals surface area (Å²) in [5, 5.41) is 20.2. The van der Waals surface area contributed by atoms with Gasteiger partial charge in [-0.05, 0) is 128 Å². The molecule has 1 aromatic carbocycles. The quantitative estimate of drug-likeness (QED) is 0.366. The van der Waals surface area contributed by atoms with Crippen LogP contribution < -0.4 is 0 Å². The van der Waals surface area contributed by atoms with Crippen LogP contribution in [0.5, 0.6) is 0 Å². The number of carboxylic acid groups (broad SMARTS) is 1. The lowest BCUT2D eigenvalue weighted by molar-refractivity contribution is -0.228. The molecule has 43 heavy (non-hydrogen) atoms. The van der Waals surface area contributed by atoms with E-state index in [1.807, 2.05) is 12.1 Å². The maximum atomic E-state index is 13.6. The SMILES string of the molecule is C=C(C)[C@@H]1CC[C@]2(C(=O)O)CC[C@]3(C)[C@H](CC[C@@H]4[C@@]5(C)Cc6nnn(Cc7ccc(F)cc7)c6C(C)(C)[C@@H]5CC[C@]43C)[C@@H]12. The van der Waals surface area contributed by atoms with Crippen molar-refractivity contribution in [1.82, 2.24) is 15.0 Å². The van der Waals surface area contributed by atoms with Crippen LogP contribution in [0, 0.1) is 57.1 Å². The Balaban J connectivity index is 1.25. The third-order valence-electron chi connectivity index (χ3n) is 14.8. The molecule has 2 aromatic rings. The van der Waals surface area contributed by atoms with Crippen molar-refractivity contribution in [3.63, 3.8) is 0 Å². The highest BCUT2D eigenvalue weighted by atomic mass is 19.1. The second-order valence-corrected chi connectivity index (χ2v) is 16.7. The molecule has 0 bridgehead atoms. The number of rotatable bonds is 4. The average molecular weight is 588 g/mol. The van der Waals surface area contributed by atoms with Gasteiger partial charge in [-0.2, -0.15) is 0 Å². The third-order valence-corrected chi connectivity index (χ3v) is 14.8. The molecule has 0 saturated heterocycles. The molecule has 5 aliphatic rings. The second-order valence-electron chi connectivity index (χ2n) is 16.7. The van der Waals surface area contributed by atoms with Gasteiger partial charge in [-0.1, -0.05) is 64.1 Å². The van der Waals surface area contributed by atoms with Crippen molar-refractivity contribution in [3.05, 3.63) is 59.2 Å². The number of carbonyl (C=O) groups is 1. The second kappa shape index (κ2) is 9.26. The fraction of sp³-hybridized carbons (Fsp3) is 0.703. The molecular weight excluding hydrogens is 537 g/mol. The number of aromatic nitrogens is 3. The third kappa shape index (κ3) is 3.70. The molecule has 4 saturated carbocycles. The lowest BCUT2D eigenvalue weighted by atomic mass is 9.32. The summed E-state index contributed by atoms with van der Waals surface area (Å²) in [4.78, 5) is 13.0. The summed E-state index contributed by atoms with van der Waals surface area (Å²) in [5.74, 6) is 1.22. The number of fused-ring (bicyclic) bond motifs is 8. The van der Waals surface area contributed by atoms with Crippen molar-refractivity contribution in [2.45, 2.75) is 111 Å². The van der Waals surface area contributed by atoms with Gasteiger partial charge in [-0.3, -0.25) is 4.79 Å². The van der Waals surface area contributed by atoms with Gasteiger partial charge in [0, 0.05) is 5.41 Å². The van der Waals surface area contributed by atoms with Crippen molar-refractivity contribution in [2.24, 2.45) is 51.2 Å². The first-order chi connectivity index (χ1) is 20.2. The minimum atomic E-state index is -0.581. The van der Waals surface area contributed by atoms with Gasteiger partial charge in [-0.25, -0.2) is 9.07 Å². The predicted molar refractivity (Wildman–Crippen MR) is 166 cm³/mol. The number of halogens is 1. The van der Waals surface area contributed by atoms with Crippen LogP contribution in [0.25, 0.3) is 0 Å². The van der Waals surface area contributed by atoms with Crippen LogP contribution >= 0.6 is 0 Å². The Bertz CT molecular complexity index is 1480. The molecule has 1 N–H and O–H groups in total. The number of benzene rings is 1. The van der Waals surface area contributed by atoms with Gasteiger partial charge in [0.05, 0.1) is 23.3 Å². The van der Waals surface area contributed by atoms with E-state index >= 15 is 0 Å². The van der Waals surface area contributed by atoms with E-state index in [-0.39, 0.29) is 33.4 Å². The van der Waals surface area contributed by atoms with E-state index in [0.717, 1.165) is 56.2 Å². The van der Waals surface area contributed by atoms with Crippen molar-refractivity contribution in [3.8, 4) is 0 Å². The first-order valence-electron chi connectivity index (χ1n) is 16.8. The highest BCUT2D eigenvalue weighted by Crippen LogP contribution is 2.77. The lowest BCUT2D eigenvalue weighted by Crippen LogP contribution is -2.67. The smallest absolute Gasteiger partial charge is 0.309 e. The molecule has 0 radical (unpaired) electrons. The van der Waals surface area contributed by atoms with Gasteiger partial charge >= 0.3 is 5.97 Å². The molecule has 5 aliphatic carbocycles. The highest BCUT2D eigenvalue weighted by Gasteiger charge is 2.72. The van der Waals surface area contributed by atoms with E-state index in [9.17, 15) is 14.3 Å². The normalized spacial score (nSPS) is 42.6. The van der Waals surface area contributed by atoms with E-state index in [1.165, 1.54) is 36.2 Å². The Hall–Kier alpha value is -2.50. The Labute approximate surface area is 256 Å². The summed E-state index contributed by atoms with van der Waals surface area (Å²) in [6.45, 7) is 19.7. The minimum absolute atomic E-state index is 0.0908. The van der Waals surface area contributed by atoms with Crippen LogP contribution in [0.3, 0.4) is 0 Å². The Morgan fingerprint density at radius 3 is 2.37 bits per heavy atom. The van der Waals surface area contributed by atoms with Crippen LogP contribution in [0.1, 0.15) is 110 Å². The molecule has 4 fully saturated rings. The first kappa shape index (κ1) is 29.2. The fourth-order valence-electron chi connectivity index (χ4n) is 12.9. The van der Waals surface area contributed by atoms with Crippen LogP contribution in [0.4, 0.5) is 4.39 Å². The Morgan fingerprint density at radius 2 is 1.70 bits per heavy atom. The molecule has 5 nitrogen and oxygen atoms in total. The summed E-state index contributed by atoms with van der Waals surface area (Å²) in [5.41, 5.74) is 4.29. The van der Waals surface area contributed by atoms with Crippen molar-refractivity contribution in [2.75, 3.05) is 0 Å².